The normalized spacial score (nSPS) is 11.9. The van der Waals surface area contributed by atoms with Crippen molar-refractivity contribution < 1.29 is 4.39 Å². The van der Waals surface area contributed by atoms with E-state index in [1.165, 1.54) is 0 Å². The largest absolute Gasteiger partial charge is 0.326 e. The Labute approximate surface area is 129 Å². The molecule has 120 valence electrons. The van der Waals surface area contributed by atoms with Crippen LogP contribution in [0.4, 0.5) is 4.39 Å². The van der Waals surface area contributed by atoms with Crippen LogP contribution < -0.4 is 5.73 Å². The van der Waals surface area contributed by atoms with Gasteiger partial charge in [0.1, 0.15) is 5.82 Å². The van der Waals surface area contributed by atoms with Crippen LogP contribution in [0.3, 0.4) is 0 Å². The van der Waals surface area contributed by atoms with Crippen molar-refractivity contribution in [1.29, 1.82) is 0 Å². The van der Waals surface area contributed by atoms with Gasteiger partial charge in [-0.3, -0.25) is 4.90 Å². The molecule has 3 heteroatoms. The van der Waals surface area contributed by atoms with Gasteiger partial charge in [0.05, 0.1) is 0 Å². The van der Waals surface area contributed by atoms with Gasteiger partial charge in [-0.2, -0.15) is 0 Å². The number of halogens is 1. The van der Waals surface area contributed by atoms with E-state index in [2.05, 4.69) is 32.6 Å². The molecule has 0 unspecified atom stereocenters. The Morgan fingerprint density at radius 3 is 2.00 bits per heavy atom. The lowest BCUT2D eigenvalue weighted by Crippen LogP contribution is -2.28. The third-order valence-electron chi connectivity index (χ3n) is 3.82. The molecule has 2 N–H and O–H groups in total. The lowest BCUT2D eigenvalue weighted by Gasteiger charge is -2.24. The first-order valence-electron chi connectivity index (χ1n) is 8.12. The zero-order chi connectivity index (χ0) is 15.8. The van der Waals surface area contributed by atoms with Gasteiger partial charge in [0.15, 0.2) is 0 Å². The molecule has 1 rings (SSSR count). The van der Waals surface area contributed by atoms with Crippen LogP contribution in [0.1, 0.15) is 51.7 Å². The summed E-state index contributed by atoms with van der Waals surface area (Å²) >= 11 is 0. The molecule has 0 radical (unpaired) electrons. The molecule has 0 amide bonds. The first kappa shape index (κ1) is 18.1. The highest BCUT2D eigenvalue weighted by molar-refractivity contribution is 5.25. The molecular weight excluding hydrogens is 263 g/mol. The van der Waals surface area contributed by atoms with Crippen molar-refractivity contribution in [2.24, 2.45) is 17.6 Å². The van der Waals surface area contributed by atoms with E-state index in [9.17, 15) is 4.39 Å². The van der Waals surface area contributed by atoms with Crippen molar-refractivity contribution in [2.45, 2.75) is 53.6 Å². The topological polar surface area (TPSA) is 29.3 Å². The maximum Gasteiger partial charge on any atom is 0.132 e. The quantitative estimate of drug-likeness (QED) is 0.740. The second-order valence-electron chi connectivity index (χ2n) is 6.74. The Bertz CT molecular complexity index is 404. The molecule has 0 aliphatic carbocycles. The van der Waals surface area contributed by atoms with Crippen LogP contribution in [0.25, 0.3) is 0 Å². The van der Waals surface area contributed by atoms with Crippen LogP contribution in [0.5, 0.6) is 0 Å². The summed E-state index contributed by atoms with van der Waals surface area (Å²) in [6.07, 6.45) is 2.30. The summed E-state index contributed by atoms with van der Waals surface area (Å²) in [6, 6.07) is 5.56. The molecule has 2 nitrogen and oxygen atoms in total. The number of hydrogen-bond acceptors (Lipinski definition) is 2. The van der Waals surface area contributed by atoms with E-state index >= 15 is 0 Å². The number of nitrogens with zero attached hydrogens (tertiary/aromatic N) is 1. The molecule has 0 atom stereocenters. The molecule has 0 aliphatic heterocycles. The minimum absolute atomic E-state index is 0.126. The molecule has 0 saturated heterocycles. The van der Waals surface area contributed by atoms with Gasteiger partial charge in [-0.15, -0.1) is 0 Å². The second-order valence-corrected chi connectivity index (χ2v) is 6.74. The van der Waals surface area contributed by atoms with Gasteiger partial charge in [0.25, 0.3) is 0 Å². The van der Waals surface area contributed by atoms with E-state index in [4.69, 9.17) is 5.73 Å². The third kappa shape index (κ3) is 6.58. The van der Waals surface area contributed by atoms with Gasteiger partial charge in [-0.05, 0) is 37.8 Å². The summed E-state index contributed by atoms with van der Waals surface area (Å²) in [6.45, 7) is 11.9. The summed E-state index contributed by atoms with van der Waals surface area (Å²) in [7, 11) is 0. The highest BCUT2D eigenvalue weighted by Crippen LogP contribution is 2.16. The third-order valence-corrected chi connectivity index (χ3v) is 3.82. The van der Waals surface area contributed by atoms with Crippen molar-refractivity contribution in [3.8, 4) is 0 Å². The molecular formula is C18H31FN2. The van der Waals surface area contributed by atoms with E-state index in [1.807, 2.05) is 12.1 Å². The molecule has 1 aromatic carbocycles. The van der Waals surface area contributed by atoms with E-state index in [1.54, 1.807) is 6.07 Å². The van der Waals surface area contributed by atoms with Crippen molar-refractivity contribution >= 4 is 0 Å². The average Bonchev–Trinajstić information content (AvgIpc) is 2.43. The van der Waals surface area contributed by atoms with Crippen LogP contribution in [0, 0.1) is 17.7 Å². The first-order valence-corrected chi connectivity index (χ1v) is 8.12. The van der Waals surface area contributed by atoms with Crippen molar-refractivity contribution in [1.82, 2.24) is 4.90 Å². The zero-order valence-electron chi connectivity index (χ0n) is 14.0. The molecule has 21 heavy (non-hydrogen) atoms. The fraction of sp³-hybridized carbons (Fsp3) is 0.667. The van der Waals surface area contributed by atoms with E-state index < -0.39 is 0 Å². The van der Waals surface area contributed by atoms with Crippen LogP contribution >= 0.6 is 0 Å². The predicted octanol–water partition coefficient (Wildman–Crippen LogP) is 4.18. The maximum absolute atomic E-state index is 14.3. The van der Waals surface area contributed by atoms with E-state index in [0.717, 1.165) is 31.5 Å². The van der Waals surface area contributed by atoms with Crippen LogP contribution in [0.2, 0.25) is 0 Å². The number of rotatable bonds is 9. The van der Waals surface area contributed by atoms with Gasteiger partial charge >= 0.3 is 0 Å². The Morgan fingerprint density at radius 1 is 1.00 bits per heavy atom. The number of benzene rings is 1. The second kappa shape index (κ2) is 9.16. The molecule has 0 aromatic heterocycles. The Hall–Kier alpha value is -0.930. The van der Waals surface area contributed by atoms with E-state index in [-0.39, 0.29) is 12.4 Å². The zero-order valence-corrected chi connectivity index (χ0v) is 14.0. The van der Waals surface area contributed by atoms with Crippen LogP contribution in [-0.2, 0) is 13.1 Å². The molecule has 0 spiro atoms. The van der Waals surface area contributed by atoms with Gasteiger partial charge < -0.3 is 5.73 Å². The molecule has 0 fully saturated rings. The predicted molar refractivity (Wildman–Crippen MR) is 88.5 cm³/mol. The molecule has 1 aromatic rings. The number of nitrogens with two attached hydrogens (primary N) is 1. The minimum atomic E-state index is -0.126. The number of hydrogen-bond donors (Lipinski definition) is 1. The molecule has 0 bridgehead atoms. The SMILES string of the molecule is CC(C)CCN(CCC(C)C)Cc1cccc(CN)c1F. The van der Waals surface area contributed by atoms with Crippen molar-refractivity contribution in [2.75, 3.05) is 13.1 Å². The standard InChI is InChI=1S/C18H31FN2/c1-14(2)8-10-21(11-9-15(3)4)13-17-7-5-6-16(12-20)18(17)19/h5-7,14-15H,8-13,20H2,1-4H3. The summed E-state index contributed by atoms with van der Waals surface area (Å²) in [5, 5.41) is 0. The lowest BCUT2D eigenvalue weighted by molar-refractivity contribution is 0.233. The summed E-state index contributed by atoms with van der Waals surface area (Å²) in [5.41, 5.74) is 6.97. The molecule has 0 aliphatic rings. The van der Waals surface area contributed by atoms with Gasteiger partial charge in [-0.25, -0.2) is 4.39 Å². The minimum Gasteiger partial charge on any atom is -0.326 e. The highest BCUT2D eigenvalue weighted by atomic mass is 19.1. The van der Waals surface area contributed by atoms with E-state index in [0.29, 0.717) is 23.9 Å². The first-order chi connectivity index (χ1) is 9.93. The van der Waals surface area contributed by atoms with Gasteiger partial charge in [0, 0.05) is 24.2 Å². The van der Waals surface area contributed by atoms with Crippen molar-refractivity contribution in [3.05, 3.63) is 35.1 Å². The summed E-state index contributed by atoms with van der Waals surface area (Å²) in [5.74, 6) is 1.22. The van der Waals surface area contributed by atoms with Crippen molar-refractivity contribution in [3.63, 3.8) is 0 Å². The highest BCUT2D eigenvalue weighted by Gasteiger charge is 2.12. The fourth-order valence-electron chi connectivity index (χ4n) is 2.31. The fourth-order valence-corrected chi connectivity index (χ4v) is 2.31. The van der Waals surface area contributed by atoms with Crippen LogP contribution in [0.15, 0.2) is 18.2 Å². The monoisotopic (exact) mass is 294 g/mol. The molecule has 0 saturated carbocycles. The van der Waals surface area contributed by atoms with Crippen LogP contribution in [-0.4, -0.2) is 18.0 Å². The Kier molecular flexibility index (Phi) is 7.91. The average molecular weight is 294 g/mol. The Balaban J connectivity index is 2.74. The maximum atomic E-state index is 14.3. The smallest absolute Gasteiger partial charge is 0.132 e. The molecule has 0 heterocycles. The van der Waals surface area contributed by atoms with Gasteiger partial charge in [0.2, 0.25) is 0 Å². The summed E-state index contributed by atoms with van der Waals surface area (Å²) < 4.78 is 14.3. The Morgan fingerprint density at radius 2 is 1.52 bits per heavy atom. The lowest BCUT2D eigenvalue weighted by atomic mass is 10.1. The summed E-state index contributed by atoms with van der Waals surface area (Å²) in [4.78, 5) is 2.37. The van der Waals surface area contributed by atoms with Gasteiger partial charge in [-0.1, -0.05) is 45.9 Å².